The Morgan fingerprint density at radius 1 is 1.07 bits per heavy atom. The van der Waals surface area contributed by atoms with Crippen LogP contribution in [0.25, 0.3) is 0 Å². The van der Waals surface area contributed by atoms with E-state index in [0.717, 1.165) is 18.4 Å². The first-order valence-electron chi connectivity index (χ1n) is 10.4. The number of aryl methyl sites for hydroxylation is 1. The number of pyridine rings is 1. The lowest BCUT2D eigenvalue weighted by molar-refractivity contribution is -0.137. The van der Waals surface area contributed by atoms with Crippen molar-refractivity contribution in [2.45, 2.75) is 31.7 Å². The number of rotatable bonds is 4. The number of H-pyrrole nitrogens is 1. The summed E-state index contributed by atoms with van der Waals surface area (Å²) in [5.41, 5.74) is 1.45. The number of nitrogens with zero attached hydrogens (tertiary/aromatic N) is 1. The molecule has 7 nitrogen and oxygen atoms in total. The van der Waals surface area contributed by atoms with E-state index >= 15 is 0 Å². The molecule has 0 radical (unpaired) electrons. The third-order valence-electron chi connectivity index (χ3n) is 6.05. The van der Waals surface area contributed by atoms with Gasteiger partial charge in [0.25, 0.3) is 11.5 Å². The molecule has 2 saturated heterocycles. The monoisotopic (exact) mass is 409 g/mol. The Kier molecular flexibility index (Phi) is 5.99. The number of nitrogens with one attached hydrogen (secondary N) is 2. The molecule has 158 valence electrons. The van der Waals surface area contributed by atoms with Crippen molar-refractivity contribution in [3.05, 3.63) is 69.6 Å². The van der Waals surface area contributed by atoms with Gasteiger partial charge in [0, 0.05) is 43.8 Å². The van der Waals surface area contributed by atoms with Crippen LogP contribution < -0.4 is 10.9 Å². The minimum absolute atomic E-state index is 0.0235. The van der Waals surface area contributed by atoms with Gasteiger partial charge in [-0.2, -0.15) is 0 Å². The van der Waals surface area contributed by atoms with Gasteiger partial charge in [0.1, 0.15) is 5.56 Å². The van der Waals surface area contributed by atoms with E-state index in [-0.39, 0.29) is 29.3 Å². The normalized spacial score (nSPS) is 22.1. The average molecular weight is 409 g/mol. The highest BCUT2D eigenvalue weighted by Gasteiger charge is 2.39. The third kappa shape index (κ3) is 4.31. The van der Waals surface area contributed by atoms with Crippen LogP contribution in [0.4, 0.5) is 0 Å². The van der Waals surface area contributed by atoms with Crippen molar-refractivity contribution in [1.82, 2.24) is 15.2 Å². The molecular formula is C23H27N3O4. The molecule has 0 bridgehead atoms. The molecule has 0 spiro atoms. The summed E-state index contributed by atoms with van der Waals surface area (Å²) >= 11 is 0. The van der Waals surface area contributed by atoms with Gasteiger partial charge in [-0.15, -0.1) is 0 Å². The van der Waals surface area contributed by atoms with E-state index in [1.54, 1.807) is 19.1 Å². The molecule has 2 amide bonds. The molecule has 30 heavy (non-hydrogen) atoms. The smallest absolute Gasteiger partial charge is 0.260 e. The Morgan fingerprint density at radius 3 is 2.50 bits per heavy atom. The molecule has 2 aromatic rings. The van der Waals surface area contributed by atoms with Crippen LogP contribution in [-0.4, -0.2) is 54.0 Å². The van der Waals surface area contributed by atoms with Gasteiger partial charge in [0.05, 0.1) is 6.04 Å². The van der Waals surface area contributed by atoms with Crippen LogP contribution in [0.3, 0.4) is 0 Å². The van der Waals surface area contributed by atoms with Crippen LogP contribution in [0, 0.1) is 12.8 Å². The lowest BCUT2D eigenvalue weighted by Gasteiger charge is -2.26. The zero-order chi connectivity index (χ0) is 21.1. The number of aromatic amines is 1. The molecule has 1 aromatic carbocycles. The van der Waals surface area contributed by atoms with Crippen molar-refractivity contribution in [2.75, 3.05) is 26.3 Å². The van der Waals surface area contributed by atoms with Gasteiger partial charge in [0.15, 0.2) is 0 Å². The van der Waals surface area contributed by atoms with Gasteiger partial charge in [-0.25, -0.2) is 0 Å². The highest BCUT2D eigenvalue weighted by Crippen LogP contribution is 2.30. The Balaban J connectivity index is 1.54. The van der Waals surface area contributed by atoms with Crippen molar-refractivity contribution in [2.24, 2.45) is 5.92 Å². The minimum Gasteiger partial charge on any atom is -0.381 e. The topological polar surface area (TPSA) is 91.5 Å². The summed E-state index contributed by atoms with van der Waals surface area (Å²) in [7, 11) is 0. The molecule has 2 atom stereocenters. The molecule has 1 aromatic heterocycles. The van der Waals surface area contributed by atoms with Crippen LogP contribution in [0.15, 0.2) is 47.3 Å². The molecule has 0 aliphatic carbocycles. The zero-order valence-corrected chi connectivity index (χ0v) is 17.1. The predicted molar refractivity (Wildman–Crippen MR) is 112 cm³/mol. The number of ether oxygens (including phenoxy) is 1. The van der Waals surface area contributed by atoms with Gasteiger partial charge in [-0.05, 0) is 37.5 Å². The average Bonchev–Trinajstić information content (AvgIpc) is 3.18. The molecule has 2 aliphatic rings. The van der Waals surface area contributed by atoms with Crippen LogP contribution in [-0.2, 0) is 9.53 Å². The van der Waals surface area contributed by atoms with Gasteiger partial charge in [0.2, 0.25) is 5.91 Å². The summed E-state index contributed by atoms with van der Waals surface area (Å²) in [5.74, 6) is -0.334. The Morgan fingerprint density at radius 2 is 1.80 bits per heavy atom. The second-order valence-corrected chi connectivity index (χ2v) is 8.11. The molecule has 0 unspecified atom stereocenters. The van der Waals surface area contributed by atoms with Gasteiger partial charge >= 0.3 is 0 Å². The Bertz CT molecular complexity index is 966. The van der Waals surface area contributed by atoms with Crippen molar-refractivity contribution in [3.8, 4) is 0 Å². The van der Waals surface area contributed by atoms with Crippen LogP contribution in [0.2, 0.25) is 0 Å². The number of hydrogen-bond donors (Lipinski definition) is 2. The standard InChI is InChI=1S/C23H27N3O4/c1-15-7-8-18(21(27)24-15)22(28)25-20-14-26(23(29)17-9-11-30-12-10-17)13-19(20)16-5-3-2-4-6-16/h2-8,17,19-20H,9-14H2,1H3,(H,24,27)(H,25,28)/t19-,20+/m0/s1. The lowest BCUT2D eigenvalue weighted by Crippen LogP contribution is -2.43. The van der Waals surface area contributed by atoms with Gasteiger partial charge in [-0.1, -0.05) is 30.3 Å². The summed E-state index contributed by atoms with van der Waals surface area (Å²) in [5, 5.41) is 3.01. The highest BCUT2D eigenvalue weighted by atomic mass is 16.5. The van der Waals surface area contributed by atoms with E-state index in [0.29, 0.717) is 32.0 Å². The second kappa shape index (κ2) is 8.83. The van der Waals surface area contributed by atoms with Crippen LogP contribution in [0.5, 0.6) is 0 Å². The number of benzene rings is 1. The molecule has 4 rings (SSSR count). The Hall–Kier alpha value is -2.93. The molecular weight excluding hydrogens is 382 g/mol. The van der Waals surface area contributed by atoms with Crippen LogP contribution in [0.1, 0.15) is 40.4 Å². The van der Waals surface area contributed by atoms with Crippen molar-refractivity contribution >= 4 is 11.8 Å². The van der Waals surface area contributed by atoms with Crippen LogP contribution >= 0.6 is 0 Å². The summed E-state index contributed by atoms with van der Waals surface area (Å²) in [6, 6.07) is 12.9. The first kappa shape index (κ1) is 20.3. The third-order valence-corrected chi connectivity index (χ3v) is 6.05. The predicted octanol–water partition coefficient (Wildman–Crippen LogP) is 1.83. The number of carbonyl (C=O) groups excluding carboxylic acids is 2. The molecule has 3 heterocycles. The van der Waals surface area contributed by atoms with Gasteiger partial charge in [-0.3, -0.25) is 14.4 Å². The van der Waals surface area contributed by atoms with E-state index in [4.69, 9.17) is 4.74 Å². The lowest BCUT2D eigenvalue weighted by atomic mass is 9.94. The second-order valence-electron chi connectivity index (χ2n) is 8.11. The first-order chi connectivity index (χ1) is 14.5. The number of carbonyl (C=O) groups is 2. The van der Waals surface area contributed by atoms with Gasteiger partial charge < -0.3 is 19.9 Å². The maximum Gasteiger partial charge on any atom is 0.260 e. The number of aromatic nitrogens is 1. The highest BCUT2D eigenvalue weighted by molar-refractivity contribution is 5.94. The SMILES string of the molecule is Cc1ccc(C(=O)N[C@@H]2CN(C(=O)C3CCOCC3)C[C@H]2c2ccccc2)c(=O)[nH]1. The van der Waals surface area contributed by atoms with Crippen molar-refractivity contribution in [1.29, 1.82) is 0 Å². The quantitative estimate of drug-likeness (QED) is 0.806. The maximum absolute atomic E-state index is 13.1. The Labute approximate surface area is 175 Å². The fourth-order valence-corrected chi connectivity index (χ4v) is 4.37. The molecule has 2 fully saturated rings. The molecule has 2 N–H and O–H groups in total. The summed E-state index contributed by atoms with van der Waals surface area (Å²) in [6.45, 7) is 3.98. The van der Waals surface area contributed by atoms with Crippen molar-refractivity contribution < 1.29 is 14.3 Å². The van der Waals surface area contributed by atoms with E-state index in [2.05, 4.69) is 10.3 Å². The summed E-state index contributed by atoms with van der Waals surface area (Å²) < 4.78 is 5.38. The summed E-state index contributed by atoms with van der Waals surface area (Å²) in [4.78, 5) is 42.6. The molecule has 2 aliphatic heterocycles. The van der Waals surface area contributed by atoms with Crippen molar-refractivity contribution in [3.63, 3.8) is 0 Å². The molecule has 0 saturated carbocycles. The van der Waals surface area contributed by atoms with E-state index in [1.165, 1.54) is 0 Å². The summed E-state index contributed by atoms with van der Waals surface area (Å²) in [6.07, 6.45) is 1.47. The molecule has 7 heteroatoms. The van der Waals surface area contributed by atoms with E-state index in [1.807, 2.05) is 35.2 Å². The number of likely N-dealkylation sites (tertiary alicyclic amines) is 1. The number of amides is 2. The fraction of sp³-hybridized carbons (Fsp3) is 0.435. The van der Waals surface area contributed by atoms with E-state index < -0.39 is 11.5 Å². The zero-order valence-electron chi connectivity index (χ0n) is 17.1. The van der Waals surface area contributed by atoms with E-state index in [9.17, 15) is 14.4 Å². The maximum atomic E-state index is 13.1. The number of hydrogen-bond acceptors (Lipinski definition) is 4. The minimum atomic E-state index is -0.414. The fourth-order valence-electron chi connectivity index (χ4n) is 4.37. The first-order valence-corrected chi connectivity index (χ1v) is 10.4. The largest absolute Gasteiger partial charge is 0.381 e.